The molecule has 0 bridgehead atoms. The Morgan fingerprint density at radius 3 is 2.41 bits per heavy atom. The third kappa shape index (κ3) is 5.69. The molecule has 1 aliphatic rings. The lowest BCUT2D eigenvalue weighted by Gasteiger charge is -2.20. The predicted molar refractivity (Wildman–Crippen MR) is 138 cm³/mol. The number of fused-ring (bicyclic) bond motifs is 1. The standard InChI is InChI=1S/C29H29NO7/c1-17(31)4-5-19-14-22-26(29(34)30-13-12-18-6-9-21(32)10-7-18)27(37-28(22)25(15-19)36-3)20-8-11-23(33)24(16-20)35-2/h4-11,14-16,26-27,32-33H,12-13H2,1-3H3,(H,30,34)/b5-4+/t26-,27+/m1/s1. The second kappa shape index (κ2) is 11.1. The molecule has 3 aromatic carbocycles. The first-order chi connectivity index (χ1) is 17.8. The average molecular weight is 504 g/mol. The van der Waals surface area contributed by atoms with Crippen LogP contribution in [0, 0.1) is 0 Å². The van der Waals surface area contributed by atoms with Gasteiger partial charge in [0.1, 0.15) is 17.8 Å². The fourth-order valence-corrected chi connectivity index (χ4v) is 4.34. The molecule has 192 valence electrons. The number of ketones is 1. The van der Waals surface area contributed by atoms with E-state index in [0.29, 0.717) is 41.2 Å². The van der Waals surface area contributed by atoms with Crippen molar-refractivity contribution in [2.75, 3.05) is 20.8 Å². The summed E-state index contributed by atoms with van der Waals surface area (Å²) in [5, 5.41) is 22.6. The van der Waals surface area contributed by atoms with Crippen LogP contribution in [0.4, 0.5) is 0 Å². The van der Waals surface area contributed by atoms with Crippen molar-refractivity contribution in [3.63, 3.8) is 0 Å². The Labute approximate surface area is 215 Å². The van der Waals surface area contributed by atoms with Gasteiger partial charge in [-0.2, -0.15) is 0 Å². The number of carbonyl (C=O) groups is 2. The van der Waals surface area contributed by atoms with Gasteiger partial charge in [0.2, 0.25) is 5.91 Å². The van der Waals surface area contributed by atoms with Gasteiger partial charge in [0.15, 0.2) is 28.8 Å². The summed E-state index contributed by atoms with van der Waals surface area (Å²) in [6.07, 6.45) is 2.99. The first-order valence-corrected chi connectivity index (χ1v) is 11.8. The minimum atomic E-state index is -0.733. The van der Waals surface area contributed by atoms with E-state index in [9.17, 15) is 19.8 Å². The molecule has 0 aromatic heterocycles. The summed E-state index contributed by atoms with van der Waals surface area (Å²) in [5.74, 6) is 0.227. The van der Waals surface area contributed by atoms with Crippen LogP contribution in [-0.2, 0) is 16.0 Å². The molecular formula is C29H29NO7. The lowest BCUT2D eigenvalue weighted by Crippen LogP contribution is -2.33. The summed E-state index contributed by atoms with van der Waals surface area (Å²) in [6.45, 7) is 1.84. The molecule has 0 unspecified atom stereocenters. The number of nitrogens with one attached hydrogen (secondary N) is 1. The van der Waals surface area contributed by atoms with Crippen LogP contribution in [0.25, 0.3) is 6.08 Å². The van der Waals surface area contributed by atoms with Crippen molar-refractivity contribution in [3.05, 3.63) is 82.9 Å². The molecule has 8 nitrogen and oxygen atoms in total. The van der Waals surface area contributed by atoms with Gasteiger partial charge in [-0.05, 0) is 72.5 Å². The molecule has 1 aliphatic heterocycles. The normalized spacial score (nSPS) is 16.2. The summed E-state index contributed by atoms with van der Waals surface area (Å²) in [6, 6.07) is 15.2. The number of amides is 1. The maximum atomic E-state index is 13.6. The smallest absolute Gasteiger partial charge is 0.231 e. The van der Waals surface area contributed by atoms with E-state index in [4.69, 9.17) is 14.2 Å². The van der Waals surface area contributed by atoms with E-state index < -0.39 is 12.0 Å². The van der Waals surface area contributed by atoms with Crippen molar-refractivity contribution in [1.29, 1.82) is 0 Å². The van der Waals surface area contributed by atoms with Gasteiger partial charge >= 0.3 is 0 Å². The highest BCUT2D eigenvalue weighted by atomic mass is 16.5. The van der Waals surface area contributed by atoms with Gasteiger partial charge < -0.3 is 29.7 Å². The molecule has 37 heavy (non-hydrogen) atoms. The van der Waals surface area contributed by atoms with E-state index in [-0.39, 0.29) is 28.9 Å². The van der Waals surface area contributed by atoms with Crippen molar-refractivity contribution < 1.29 is 34.0 Å². The number of carbonyl (C=O) groups excluding carboxylic acids is 2. The zero-order chi connectivity index (χ0) is 26.5. The number of allylic oxidation sites excluding steroid dienone is 1. The third-order valence-corrected chi connectivity index (χ3v) is 6.18. The molecule has 3 aromatic rings. The van der Waals surface area contributed by atoms with E-state index in [2.05, 4.69) is 5.32 Å². The number of hydrogen-bond acceptors (Lipinski definition) is 7. The highest BCUT2D eigenvalue weighted by Crippen LogP contribution is 2.51. The molecule has 3 N–H and O–H groups in total. The van der Waals surface area contributed by atoms with Crippen molar-refractivity contribution in [3.8, 4) is 28.7 Å². The molecule has 8 heteroatoms. The molecule has 1 heterocycles. The maximum Gasteiger partial charge on any atom is 0.231 e. The monoisotopic (exact) mass is 503 g/mol. The van der Waals surface area contributed by atoms with Gasteiger partial charge in [-0.15, -0.1) is 0 Å². The Hall–Kier alpha value is -4.46. The van der Waals surface area contributed by atoms with Gasteiger partial charge in [-0.1, -0.05) is 24.3 Å². The van der Waals surface area contributed by atoms with E-state index >= 15 is 0 Å². The van der Waals surface area contributed by atoms with E-state index in [0.717, 1.165) is 5.56 Å². The lowest BCUT2D eigenvalue weighted by molar-refractivity contribution is -0.124. The number of benzene rings is 3. The van der Waals surface area contributed by atoms with Gasteiger partial charge in [0.05, 0.1) is 14.2 Å². The Balaban J connectivity index is 1.69. The lowest BCUT2D eigenvalue weighted by atomic mass is 9.89. The quantitative estimate of drug-likeness (QED) is 0.373. The van der Waals surface area contributed by atoms with Crippen molar-refractivity contribution >= 4 is 17.8 Å². The largest absolute Gasteiger partial charge is 0.508 e. The summed E-state index contributed by atoms with van der Waals surface area (Å²) in [4.78, 5) is 25.1. The van der Waals surface area contributed by atoms with Crippen LogP contribution in [0.5, 0.6) is 28.7 Å². The van der Waals surface area contributed by atoms with Gasteiger partial charge in [0.25, 0.3) is 0 Å². The van der Waals surface area contributed by atoms with Crippen LogP contribution in [0.3, 0.4) is 0 Å². The SMILES string of the molecule is COc1cc([C@@H]2Oc3c(OC)cc(/C=C/C(C)=O)cc3[C@H]2C(=O)NCCc2ccc(O)cc2)ccc1O. The summed E-state index contributed by atoms with van der Waals surface area (Å²) in [7, 11) is 2.97. The molecule has 0 saturated heterocycles. The fraction of sp³-hybridized carbons (Fsp3) is 0.241. The number of aromatic hydroxyl groups is 2. The molecule has 2 atom stereocenters. The van der Waals surface area contributed by atoms with Crippen LogP contribution in [0.2, 0.25) is 0 Å². The zero-order valence-electron chi connectivity index (χ0n) is 20.9. The fourth-order valence-electron chi connectivity index (χ4n) is 4.34. The summed E-state index contributed by atoms with van der Waals surface area (Å²) < 4.78 is 17.1. The molecule has 0 saturated carbocycles. The number of rotatable bonds is 9. The number of phenolic OH excluding ortho intramolecular Hbond substituents is 2. The first-order valence-electron chi connectivity index (χ1n) is 11.8. The molecule has 0 fully saturated rings. The Morgan fingerprint density at radius 2 is 1.73 bits per heavy atom. The Morgan fingerprint density at radius 1 is 1.00 bits per heavy atom. The Kier molecular flexibility index (Phi) is 7.67. The molecule has 1 amide bonds. The van der Waals surface area contributed by atoms with Crippen molar-refractivity contribution in [1.82, 2.24) is 5.32 Å². The topological polar surface area (TPSA) is 114 Å². The minimum Gasteiger partial charge on any atom is -0.508 e. The number of phenols is 2. The predicted octanol–water partition coefficient (Wildman–Crippen LogP) is 4.29. The number of hydrogen-bond donors (Lipinski definition) is 3. The maximum absolute atomic E-state index is 13.6. The van der Waals surface area contributed by atoms with Crippen LogP contribution in [0.1, 0.15) is 41.2 Å². The number of ether oxygens (including phenoxy) is 3. The third-order valence-electron chi connectivity index (χ3n) is 6.18. The Bertz CT molecular complexity index is 1330. The van der Waals surface area contributed by atoms with Gasteiger partial charge in [-0.25, -0.2) is 0 Å². The van der Waals surface area contributed by atoms with Gasteiger partial charge in [0, 0.05) is 12.1 Å². The highest BCUT2D eigenvalue weighted by Gasteiger charge is 2.42. The second-order valence-electron chi connectivity index (χ2n) is 8.74. The van der Waals surface area contributed by atoms with Crippen LogP contribution >= 0.6 is 0 Å². The van der Waals surface area contributed by atoms with E-state index in [1.165, 1.54) is 33.3 Å². The van der Waals surface area contributed by atoms with Crippen LogP contribution in [0.15, 0.2) is 60.7 Å². The molecule has 0 spiro atoms. The summed E-state index contributed by atoms with van der Waals surface area (Å²) >= 11 is 0. The number of methoxy groups -OCH3 is 2. The minimum absolute atomic E-state index is 0.0223. The van der Waals surface area contributed by atoms with Crippen molar-refractivity contribution in [2.45, 2.75) is 25.4 Å². The molecular weight excluding hydrogens is 474 g/mol. The highest BCUT2D eigenvalue weighted by molar-refractivity contribution is 5.92. The van der Waals surface area contributed by atoms with Crippen LogP contribution in [-0.4, -0.2) is 42.7 Å². The summed E-state index contributed by atoms with van der Waals surface area (Å²) in [5.41, 5.74) is 2.94. The van der Waals surface area contributed by atoms with E-state index in [1.54, 1.807) is 48.5 Å². The first kappa shape index (κ1) is 25.6. The molecule has 4 rings (SSSR count). The average Bonchev–Trinajstić information content (AvgIpc) is 3.28. The molecule has 0 aliphatic carbocycles. The van der Waals surface area contributed by atoms with E-state index in [1.807, 2.05) is 6.07 Å². The second-order valence-corrected chi connectivity index (χ2v) is 8.74. The van der Waals surface area contributed by atoms with Crippen molar-refractivity contribution in [2.24, 2.45) is 0 Å². The van der Waals surface area contributed by atoms with Gasteiger partial charge in [-0.3, -0.25) is 9.59 Å². The molecule has 0 radical (unpaired) electrons. The zero-order valence-corrected chi connectivity index (χ0v) is 20.9. The van der Waals surface area contributed by atoms with Crippen LogP contribution < -0.4 is 19.5 Å².